The largest absolute Gasteiger partial charge is 0.481 e. The van der Waals surface area contributed by atoms with Crippen LogP contribution in [-0.2, 0) is 9.59 Å². The normalized spacial score (nSPS) is 16.1. The topological polar surface area (TPSA) is 66.4 Å². The van der Waals surface area contributed by atoms with Crippen molar-refractivity contribution >= 4 is 33.5 Å². The standard InChI is InChI=1S/C13H14BrNO3/c14-9-1-3-10(4-2-9)15-11(16)7-13(5-6-13)8-12(17)18/h1-4H,5-8H2,(H,15,16)(H,17,18). The van der Waals surface area contributed by atoms with Gasteiger partial charge in [-0.1, -0.05) is 15.9 Å². The highest BCUT2D eigenvalue weighted by atomic mass is 79.9. The quantitative estimate of drug-likeness (QED) is 0.878. The van der Waals surface area contributed by atoms with Gasteiger partial charge in [0.1, 0.15) is 0 Å². The molecule has 1 aromatic carbocycles. The maximum atomic E-state index is 11.8. The number of benzene rings is 1. The van der Waals surface area contributed by atoms with Gasteiger partial charge in [0.25, 0.3) is 0 Å². The summed E-state index contributed by atoms with van der Waals surface area (Å²) in [5.74, 6) is -0.944. The lowest BCUT2D eigenvalue weighted by molar-refractivity contribution is -0.138. The van der Waals surface area contributed by atoms with Crippen molar-refractivity contribution in [3.8, 4) is 0 Å². The summed E-state index contributed by atoms with van der Waals surface area (Å²) in [6, 6.07) is 7.30. The van der Waals surface area contributed by atoms with E-state index in [9.17, 15) is 9.59 Å². The average Bonchev–Trinajstić information content (AvgIpc) is 3.00. The maximum absolute atomic E-state index is 11.8. The van der Waals surface area contributed by atoms with E-state index in [0.29, 0.717) is 0 Å². The summed E-state index contributed by atoms with van der Waals surface area (Å²) in [7, 11) is 0. The average molecular weight is 312 g/mol. The van der Waals surface area contributed by atoms with Crippen molar-refractivity contribution in [1.82, 2.24) is 0 Å². The van der Waals surface area contributed by atoms with Crippen LogP contribution in [0.15, 0.2) is 28.7 Å². The van der Waals surface area contributed by atoms with Gasteiger partial charge in [-0.05, 0) is 42.5 Å². The number of aliphatic carboxylic acids is 1. The molecule has 1 aliphatic carbocycles. The minimum absolute atomic E-state index is 0.0841. The van der Waals surface area contributed by atoms with Gasteiger partial charge in [0.2, 0.25) is 5.91 Å². The number of carboxylic acid groups (broad SMARTS) is 1. The van der Waals surface area contributed by atoms with Crippen LogP contribution in [0.1, 0.15) is 25.7 Å². The van der Waals surface area contributed by atoms with Crippen molar-refractivity contribution in [3.63, 3.8) is 0 Å². The van der Waals surface area contributed by atoms with Crippen LogP contribution in [0.5, 0.6) is 0 Å². The number of halogens is 1. The maximum Gasteiger partial charge on any atom is 0.303 e. The molecule has 0 heterocycles. The van der Waals surface area contributed by atoms with Crippen LogP contribution in [0.3, 0.4) is 0 Å². The number of anilines is 1. The molecule has 0 spiro atoms. The third-order valence-electron chi connectivity index (χ3n) is 3.15. The van der Waals surface area contributed by atoms with Gasteiger partial charge < -0.3 is 10.4 Å². The zero-order valence-electron chi connectivity index (χ0n) is 9.78. The molecule has 0 aromatic heterocycles. The first kappa shape index (κ1) is 13.1. The first-order chi connectivity index (χ1) is 8.49. The Bertz CT molecular complexity index is 466. The Hall–Kier alpha value is -1.36. The second kappa shape index (κ2) is 5.10. The number of carbonyl (C=O) groups is 2. The molecule has 0 aliphatic heterocycles. The minimum atomic E-state index is -0.830. The molecule has 0 unspecified atom stereocenters. The van der Waals surface area contributed by atoms with Gasteiger partial charge in [-0.25, -0.2) is 0 Å². The van der Waals surface area contributed by atoms with E-state index in [-0.39, 0.29) is 24.2 Å². The number of nitrogens with one attached hydrogen (secondary N) is 1. The van der Waals surface area contributed by atoms with Crippen molar-refractivity contribution < 1.29 is 14.7 Å². The molecular formula is C13H14BrNO3. The van der Waals surface area contributed by atoms with Crippen LogP contribution in [0.4, 0.5) is 5.69 Å². The lowest BCUT2D eigenvalue weighted by Crippen LogP contribution is -2.19. The highest BCUT2D eigenvalue weighted by Gasteiger charge is 2.45. The van der Waals surface area contributed by atoms with E-state index < -0.39 is 5.97 Å². The fourth-order valence-corrected chi connectivity index (χ4v) is 2.26. The highest BCUT2D eigenvalue weighted by Crippen LogP contribution is 2.51. The van der Waals surface area contributed by atoms with Gasteiger partial charge in [0.05, 0.1) is 6.42 Å². The summed E-state index contributed by atoms with van der Waals surface area (Å²) in [5, 5.41) is 11.6. The molecule has 1 aromatic rings. The van der Waals surface area contributed by atoms with Gasteiger partial charge in [0, 0.05) is 16.6 Å². The fraction of sp³-hybridized carbons (Fsp3) is 0.385. The van der Waals surface area contributed by atoms with Crippen molar-refractivity contribution in [1.29, 1.82) is 0 Å². The second-order valence-electron chi connectivity index (χ2n) is 4.80. The predicted octanol–water partition coefficient (Wildman–Crippen LogP) is 3.03. The van der Waals surface area contributed by atoms with Crippen LogP contribution in [0.25, 0.3) is 0 Å². The Morgan fingerprint density at radius 3 is 2.33 bits per heavy atom. The van der Waals surface area contributed by atoms with Crippen molar-refractivity contribution in [2.75, 3.05) is 5.32 Å². The van der Waals surface area contributed by atoms with Gasteiger partial charge in [-0.15, -0.1) is 0 Å². The van der Waals surface area contributed by atoms with Gasteiger partial charge in [-0.3, -0.25) is 9.59 Å². The Kier molecular flexibility index (Phi) is 3.71. The third kappa shape index (κ3) is 3.57. The van der Waals surface area contributed by atoms with Crippen LogP contribution in [-0.4, -0.2) is 17.0 Å². The Morgan fingerprint density at radius 1 is 1.22 bits per heavy atom. The van der Waals surface area contributed by atoms with Gasteiger partial charge >= 0.3 is 5.97 Å². The smallest absolute Gasteiger partial charge is 0.303 e. The number of hydrogen-bond donors (Lipinski definition) is 2. The molecule has 0 bridgehead atoms. The summed E-state index contributed by atoms with van der Waals surface area (Å²) in [6.07, 6.45) is 2.02. The summed E-state index contributed by atoms with van der Waals surface area (Å²) >= 11 is 3.32. The molecule has 18 heavy (non-hydrogen) atoms. The van der Waals surface area contributed by atoms with E-state index in [2.05, 4.69) is 21.2 Å². The van der Waals surface area contributed by atoms with Crippen molar-refractivity contribution in [2.45, 2.75) is 25.7 Å². The summed E-state index contributed by atoms with van der Waals surface area (Å²) in [4.78, 5) is 22.5. The highest BCUT2D eigenvalue weighted by molar-refractivity contribution is 9.10. The molecule has 5 heteroatoms. The summed E-state index contributed by atoms with van der Waals surface area (Å²) in [5.41, 5.74) is 0.431. The van der Waals surface area contributed by atoms with E-state index in [0.717, 1.165) is 23.0 Å². The molecule has 1 amide bonds. The Labute approximate surface area is 114 Å². The Morgan fingerprint density at radius 2 is 1.83 bits per heavy atom. The zero-order valence-corrected chi connectivity index (χ0v) is 11.4. The Balaban J connectivity index is 1.89. The lowest BCUT2D eigenvalue weighted by atomic mass is 9.98. The second-order valence-corrected chi connectivity index (χ2v) is 5.72. The van der Waals surface area contributed by atoms with Crippen LogP contribution in [0.2, 0.25) is 0 Å². The first-order valence-corrected chi connectivity index (χ1v) is 6.56. The molecule has 2 N–H and O–H groups in total. The number of carbonyl (C=O) groups excluding carboxylic acids is 1. The molecule has 0 radical (unpaired) electrons. The molecule has 1 aliphatic rings. The number of rotatable bonds is 5. The van der Waals surface area contributed by atoms with Gasteiger partial charge in [0.15, 0.2) is 0 Å². The summed E-state index contributed by atoms with van der Waals surface area (Å²) in [6.45, 7) is 0. The predicted molar refractivity (Wildman–Crippen MR) is 71.3 cm³/mol. The van der Waals surface area contributed by atoms with E-state index in [4.69, 9.17) is 5.11 Å². The van der Waals surface area contributed by atoms with Crippen LogP contribution in [0, 0.1) is 5.41 Å². The molecule has 0 saturated heterocycles. The third-order valence-corrected chi connectivity index (χ3v) is 3.68. The monoisotopic (exact) mass is 311 g/mol. The van der Waals surface area contributed by atoms with Crippen LogP contribution < -0.4 is 5.32 Å². The number of carboxylic acids is 1. The number of amides is 1. The molecule has 1 fully saturated rings. The molecule has 4 nitrogen and oxygen atoms in total. The van der Waals surface area contributed by atoms with E-state index in [1.165, 1.54) is 0 Å². The molecule has 96 valence electrons. The first-order valence-electron chi connectivity index (χ1n) is 5.76. The van der Waals surface area contributed by atoms with E-state index in [1.807, 2.05) is 12.1 Å². The zero-order chi connectivity index (χ0) is 13.2. The molecular weight excluding hydrogens is 298 g/mol. The molecule has 2 rings (SSSR count). The SMILES string of the molecule is O=C(O)CC1(CC(=O)Nc2ccc(Br)cc2)CC1. The number of hydrogen-bond acceptors (Lipinski definition) is 2. The van der Waals surface area contributed by atoms with Crippen molar-refractivity contribution in [3.05, 3.63) is 28.7 Å². The van der Waals surface area contributed by atoms with Gasteiger partial charge in [-0.2, -0.15) is 0 Å². The van der Waals surface area contributed by atoms with Crippen molar-refractivity contribution in [2.24, 2.45) is 5.41 Å². The molecule has 0 atom stereocenters. The summed E-state index contributed by atoms with van der Waals surface area (Å²) < 4.78 is 0.949. The molecule has 1 saturated carbocycles. The fourth-order valence-electron chi connectivity index (χ4n) is 1.99. The van der Waals surface area contributed by atoms with E-state index in [1.54, 1.807) is 12.1 Å². The lowest BCUT2D eigenvalue weighted by Gasteiger charge is -2.12. The van der Waals surface area contributed by atoms with E-state index >= 15 is 0 Å². The minimum Gasteiger partial charge on any atom is -0.481 e. The van der Waals surface area contributed by atoms with Crippen LogP contribution >= 0.6 is 15.9 Å².